The third-order valence-electron chi connectivity index (χ3n) is 5.20. The smallest absolute Gasteiger partial charge is 0.0289 e. The van der Waals surface area contributed by atoms with Crippen LogP contribution in [0.1, 0.15) is 32.1 Å². The Hall–Kier alpha value is -0.600. The molecular formula is C15H22N2. The van der Waals surface area contributed by atoms with Crippen LogP contribution in [0.25, 0.3) is 0 Å². The molecule has 0 saturated carbocycles. The maximum atomic E-state index is 3.75. The molecule has 0 aromatic carbocycles. The zero-order valence-electron chi connectivity index (χ0n) is 10.8. The van der Waals surface area contributed by atoms with Crippen molar-refractivity contribution in [3.8, 4) is 0 Å². The minimum atomic E-state index is 0.741. The third kappa shape index (κ3) is 1.47. The molecule has 2 atom stereocenters. The van der Waals surface area contributed by atoms with E-state index in [0.29, 0.717) is 0 Å². The van der Waals surface area contributed by atoms with Gasteiger partial charge < -0.3 is 10.2 Å². The number of fused-ring (bicyclic) bond motifs is 1. The normalized spacial score (nSPS) is 37.2. The van der Waals surface area contributed by atoms with Crippen molar-refractivity contribution in [3.63, 3.8) is 0 Å². The molecule has 0 aromatic rings. The van der Waals surface area contributed by atoms with Crippen molar-refractivity contribution in [2.45, 2.75) is 38.1 Å². The van der Waals surface area contributed by atoms with E-state index < -0.39 is 0 Å². The Morgan fingerprint density at radius 2 is 2.18 bits per heavy atom. The first-order chi connectivity index (χ1) is 8.33. The lowest BCUT2D eigenvalue weighted by atomic mass is 9.71. The van der Waals surface area contributed by atoms with Crippen molar-refractivity contribution < 1.29 is 0 Å². The molecule has 0 spiro atoms. The molecule has 2 heterocycles. The van der Waals surface area contributed by atoms with Crippen LogP contribution in [0.3, 0.4) is 0 Å². The summed E-state index contributed by atoms with van der Waals surface area (Å²) in [5, 5.41) is 3.75. The maximum Gasteiger partial charge on any atom is 0.0289 e. The first-order valence-corrected chi connectivity index (χ1v) is 7.19. The van der Waals surface area contributed by atoms with E-state index in [1.54, 1.807) is 16.7 Å². The first kappa shape index (κ1) is 10.3. The standard InChI is InChI=1S/C15H22N2/c1-17-6-5-10-7-11-8-16-14-4-2-3-12(15(11)14)13(10)9-17/h11,14,16H,2-9H2,1H3. The number of nitrogens with zero attached hydrogens (tertiary/aromatic N) is 1. The minimum Gasteiger partial charge on any atom is -0.310 e. The number of hydrogen-bond acceptors (Lipinski definition) is 2. The summed E-state index contributed by atoms with van der Waals surface area (Å²) < 4.78 is 0. The van der Waals surface area contributed by atoms with Gasteiger partial charge in [0.05, 0.1) is 0 Å². The van der Waals surface area contributed by atoms with Gasteiger partial charge in [-0.3, -0.25) is 0 Å². The molecule has 4 aliphatic rings. The Labute approximate surface area is 104 Å². The van der Waals surface area contributed by atoms with Crippen LogP contribution in [0.2, 0.25) is 0 Å². The summed E-state index contributed by atoms with van der Waals surface area (Å²) in [6.45, 7) is 3.73. The lowest BCUT2D eigenvalue weighted by molar-refractivity contribution is 0.338. The number of nitrogens with one attached hydrogen (secondary N) is 1. The van der Waals surface area contributed by atoms with Crippen LogP contribution < -0.4 is 5.32 Å². The molecule has 2 heteroatoms. The quantitative estimate of drug-likeness (QED) is 0.685. The highest BCUT2D eigenvalue weighted by Crippen LogP contribution is 2.46. The monoisotopic (exact) mass is 230 g/mol. The molecule has 0 radical (unpaired) electrons. The van der Waals surface area contributed by atoms with Gasteiger partial charge in [-0.15, -0.1) is 0 Å². The molecule has 1 fully saturated rings. The zero-order chi connectivity index (χ0) is 11.4. The Kier molecular flexibility index (Phi) is 2.25. The van der Waals surface area contributed by atoms with Crippen LogP contribution in [-0.4, -0.2) is 37.6 Å². The van der Waals surface area contributed by atoms with Gasteiger partial charge in [0, 0.05) is 25.7 Å². The van der Waals surface area contributed by atoms with E-state index in [9.17, 15) is 0 Å². The van der Waals surface area contributed by atoms with Crippen molar-refractivity contribution in [2.75, 3.05) is 26.7 Å². The number of hydrogen-bond donors (Lipinski definition) is 1. The Bertz CT molecular complexity index is 419. The largest absolute Gasteiger partial charge is 0.310 e. The lowest BCUT2D eigenvalue weighted by Gasteiger charge is -2.38. The first-order valence-electron chi connectivity index (χ1n) is 7.19. The molecule has 17 heavy (non-hydrogen) atoms. The lowest BCUT2D eigenvalue weighted by Crippen LogP contribution is -2.33. The molecule has 2 unspecified atom stereocenters. The highest BCUT2D eigenvalue weighted by Gasteiger charge is 2.39. The summed E-state index contributed by atoms with van der Waals surface area (Å²) >= 11 is 0. The van der Waals surface area contributed by atoms with Crippen molar-refractivity contribution >= 4 is 0 Å². The minimum absolute atomic E-state index is 0.741. The second kappa shape index (κ2) is 3.69. The van der Waals surface area contributed by atoms with Gasteiger partial charge in [0.15, 0.2) is 0 Å². The Morgan fingerprint density at radius 3 is 3.12 bits per heavy atom. The van der Waals surface area contributed by atoms with E-state index in [2.05, 4.69) is 17.3 Å². The van der Waals surface area contributed by atoms with Crippen molar-refractivity contribution in [2.24, 2.45) is 5.92 Å². The molecule has 2 aliphatic carbocycles. The van der Waals surface area contributed by atoms with Crippen LogP contribution in [0, 0.1) is 5.92 Å². The SMILES string of the molecule is CN1CCC2=C(C1)C1=C3C(CNC3CCC1)C2. The van der Waals surface area contributed by atoms with Crippen LogP contribution >= 0.6 is 0 Å². The van der Waals surface area contributed by atoms with Gasteiger partial charge in [0.1, 0.15) is 0 Å². The summed E-state index contributed by atoms with van der Waals surface area (Å²) in [5.74, 6) is 0.859. The molecule has 2 nitrogen and oxygen atoms in total. The van der Waals surface area contributed by atoms with Crippen LogP contribution in [-0.2, 0) is 0 Å². The van der Waals surface area contributed by atoms with Gasteiger partial charge in [-0.05, 0) is 61.8 Å². The van der Waals surface area contributed by atoms with Crippen LogP contribution in [0.5, 0.6) is 0 Å². The predicted octanol–water partition coefficient (Wildman–Crippen LogP) is 2.09. The van der Waals surface area contributed by atoms with Gasteiger partial charge in [0.2, 0.25) is 0 Å². The second-order valence-electron chi connectivity index (χ2n) is 6.26. The molecule has 2 aliphatic heterocycles. The highest BCUT2D eigenvalue weighted by atomic mass is 15.1. The molecule has 0 bridgehead atoms. The number of rotatable bonds is 0. The van der Waals surface area contributed by atoms with Crippen LogP contribution in [0.4, 0.5) is 0 Å². The van der Waals surface area contributed by atoms with E-state index >= 15 is 0 Å². The average Bonchev–Trinajstić information content (AvgIpc) is 2.75. The van der Waals surface area contributed by atoms with E-state index in [1.807, 2.05) is 5.57 Å². The van der Waals surface area contributed by atoms with Gasteiger partial charge in [-0.2, -0.15) is 0 Å². The maximum absolute atomic E-state index is 3.75. The number of likely N-dealkylation sites (N-methyl/N-ethyl adjacent to an activating group) is 1. The molecule has 4 rings (SSSR count). The summed E-state index contributed by atoms with van der Waals surface area (Å²) in [6.07, 6.45) is 6.82. The van der Waals surface area contributed by atoms with E-state index in [0.717, 1.165) is 12.0 Å². The van der Waals surface area contributed by atoms with Gasteiger partial charge in [-0.25, -0.2) is 0 Å². The Morgan fingerprint density at radius 1 is 1.24 bits per heavy atom. The van der Waals surface area contributed by atoms with E-state index in [4.69, 9.17) is 0 Å². The van der Waals surface area contributed by atoms with Gasteiger partial charge in [-0.1, -0.05) is 5.57 Å². The van der Waals surface area contributed by atoms with E-state index in [-0.39, 0.29) is 0 Å². The fourth-order valence-electron chi connectivity index (χ4n) is 4.41. The molecule has 0 aromatic heterocycles. The fourth-order valence-corrected chi connectivity index (χ4v) is 4.41. The molecule has 1 N–H and O–H groups in total. The predicted molar refractivity (Wildman–Crippen MR) is 69.9 cm³/mol. The second-order valence-corrected chi connectivity index (χ2v) is 6.26. The molecule has 1 saturated heterocycles. The molecular weight excluding hydrogens is 208 g/mol. The fraction of sp³-hybridized carbons (Fsp3) is 0.733. The highest BCUT2D eigenvalue weighted by molar-refractivity contribution is 5.50. The van der Waals surface area contributed by atoms with E-state index in [1.165, 1.54) is 51.7 Å². The summed E-state index contributed by atoms with van der Waals surface area (Å²) in [7, 11) is 2.27. The summed E-state index contributed by atoms with van der Waals surface area (Å²) in [4.78, 5) is 2.50. The topological polar surface area (TPSA) is 15.3 Å². The van der Waals surface area contributed by atoms with Crippen LogP contribution in [0.15, 0.2) is 22.3 Å². The van der Waals surface area contributed by atoms with Gasteiger partial charge in [0.25, 0.3) is 0 Å². The zero-order valence-corrected chi connectivity index (χ0v) is 10.8. The summed E-state index contributed by atoms with van der Waals surface area (Å²) in [6, 6.07) is 0.741. The average molecular weight is 230 g/mol. The third-order valence-corrected chi connectivity index (χ3v) is 5.20. The molecule has 0 amide bonds. The summed E-state index contributed by atoms with van der Waals surface area (Å²) in [5.41, 5.74) is 7.16. The van der Waals surface area contributed by atoms with Crippen molar-refractivity contribution in [3.05, 3.63) is 22.3 Å². The van der Waals surface area contributed by atoms with Crippen molar-refractivity contribution in [1.29, 1.82) is 0 Å². The molecule has 92 valence electrons. The Balaban J connectivity index is 1.80. The van der Waals surface area contributed by atoms with Gasteiger partial charge >= 0.3 is 0 Å². The van der Waals surface area contributed by atoms with Crippen molar-refractivity contribution in [1.82, 2.24) is 10.2 Å².